The highest BCUT2D eigenvalue weighted by Gasteiger charge is 2.53. The van der Waals surface area contributed by atoms with Gasteiger partial charge in [0.1, 0.15) is 18.1 Å². The Labute approximate surface area is 364 Å². The number of nitrogens with zero attached hydrogens (tertiary/aromatic N) is 2. The molecule has 4 N–H and O–H groups in total. The molecule has 2 aliphatic rings. The van der Waals surface area contributed by atoms with Crippen molar-refractivity contribution in [2.75, 3.05) is 38.7 Å². The van der Waals surface area contributed by atoms with Crippen LogP contribution in [0.3, 0.4) is 0 Å². The van der Waals surface area contributed by atoms with Crippen molar-refractivity contribution in [2.45, 2.75) is 115 Å². The normalized spacial score (nSPS) is 18.2. The van der Waals surface area contributed by atoms with Gasteiger partial charge in [0.25, 0.3) is 5.91 Å². The number of hydrogen-bond acceptors (Lipinski definition) is 9. The maximum absolute atomic E-state index is 14.7. The summed E-state index contributed by atoms with van der Waals surface area (Å²) in [6.07, 6.45) is 2.86. The first-order valence-corrected chi connectivity index (χ1v) is 22.9. The quantitative estimate of drug-likeness (QED) is 0.166. The lowest BCUT2D eigenvalue weighted by molar-refractivity contribution is -0.145. The number of Topliss-reactive ketones (excluding diaryl/α,β-unsaturated/α-hetero) is 1. The molecule has 4 rings (SSSR count). The van der Waals surface area contributed by atoms with Crippen LogP contribution in [-0.4, -0.2) is 112 Å². The molecule has 2 saturated heterocycles. The van der Waals surface area contributed by atoms with Crippen LogP contribution in [0.15, 0.2) is 54.6 Å². The number of rotatable bonds is 17. The standard InChI is InChI=1S/C45H64N6O7S2/c1-10-15-33(37(53)41(56)46-26-35(52)48-36(42(57)50(8)9)32-16-12-11-13-17-32)47-40(55)34-25-45(59-22-14-23-60-45)27-51(34)43(58)38(44(5,6)7)49-39(54)29(4)31-20-18-30(19-21-31)24-28(2)3/h11-13,16-21,28-29,33-34,36,38H,10,14-15,22-27H2,1-9H3,(H,46,56)(H,47,55)(H,48,52)(H,49,54)/t29-,33?,34-,36?,38+/m0/s1. The van der Waals surface area contributed by atoms with Crippen molar-refractivity contribution < 1.29 is 33.6 Å². The average molecular weight is 865 g/mol. The van der Waals surface area contributed by atoms with E-state index in [4.69, 9.17) is 0 Å². The largest absolute Gasteiger partial charge is 0.347 e. The van der Waals surface area contributed by atoms with Crippen molar-refractivity contribution in [1.82, 2.24) is 31.1 Å². The van der Waals surface area contributed by atoms with E-state index in [2.05, 4.69) is 35.1 Å². The molecule has 60 heavy (non-hydrogen) atoms. The zero-order valence-corrected chi connectivity index (χ0v) is 38.2. The Morgan fingerprint density at radius 1 is 0.867 bits per heavy atom. The van der Waals surface area contributed by atoms with Gasteiger partial charge in [-0.25, -0.2) is 0 Å². The molecule has 2 heterocycles. The van der Waals surface area contributed by atoms with E-state index in [9.17, 15) is 33.6 Å². The number of carbonyl (C=O) groups excluding carboxylic acids is 7. The van der Waals surface area contributed by atoms with Crippen molar-refractivity contribution in [3.05, 3.63) is 71.3 Å². The second-order valence-corrected chi connectivity index (χ2v) is 20.8. The molecule has 2 aromatic carbocycles. The van der Waals surface area contributed by atoms with Crippen molar-refractivity contribution in [3.8, 4) is 0 Å². The average Bonchev–Trinajstić information content (AvgIpc) is 3.58. The van der Waals surface area contributed by atoms with Gasteiger partial charge in [0.15, 0.2) is 0 Å². The van der Waals surface area contributed by atoms with Crippen LogP contribution >= 0.6 is 23.5 Å². The fourth-order valence-electron chi connectivity index (χ4n) is 7.41. The van der Waals surface area contributed by atoms with Crippen molar-refractivity contribution in [2.24, 2.45) is 11.3 Å². The van der Waals surface area contributed by atoms with Gasteiger partial charge in [-0.05, 0) is 65.7 Å². The lowest BCUT2D eigenvalue weighted by atomic mass is 9.85. The predicted octanol–water partition coefficient (Wildman–Crippen LogP) is 4.60. The van der Waals surface area contributed by atoms with E-state index in [-0.39, 0.29) is 30.7 Å². The van der Waals surface area contributed by atoms with Crippen LogP contribution in [0.4, 0.5) is 0 Å². The molecule has 2 aliphatic heterocycles. The van der Waals surface area contributed by atoms with Gasteiger partial charge in [0, 0.05) is 27.1 Å². The van der Waals surface area contributed by atoms with Gasteiger partial charge in [0.05, 0.1) is 22.6 Å². The van der Waals surface area contributed by atoms with Crippen LogP contribution in [0.1, 0.15) is 103 Å². The zero-order valence-electron chi connectivity index (χ0n) is 36.6. The number of carbonyl (C=O) groups is 7. The zero-order chi connectivity index (χ0) is 44.4. The minimum Gasteiger partial charge on any atom is -0.347 e. The first kappa shape index (κ1) is 48.3. The van der Waals surface area contributed by atoms with E-state index in [1.807, 2.05) is 58.9 Å². The highest BCUT2D eigenvalue weighted by molar-refractivity contribution is 8.18. The number of hydrogen-bond donors (Lipinski definition) is 4. The Balaban J connectivity index is 1.49. The summed E-state index contributed by atoms with van der Waals surface area (Å²) in [7, 11) is 3.13. The summed E-state index contributed by atoms with van der Waals surface area (Å²) < 4.78 is -0.450. The number of amides is 6. The molecule has 328 valence electrons. The highest BCUT2D eigenvalue weighted by atomic mass is 32.2. The molecular formula is C45H64N6O7S2. The van der Waals surface area contributed by atoms with Crippen LogP contribution < -0.4 is 21.3 Å². The summed E-state index contributed by atoms with van der Waals surface area (Å²) >= 11 is 3.44. The third-order valence-corrected chi connectivity index (χ3v) is 14.1. The fraction of sp³-hybridized carbons (Fsp3) is 0.578. The Morgan fingerprint density at radius 2 is 1.50 bits per heavy atom. The molecule has 2 fully saturated rings. The van der Waals surface area contributed by atoms with Crippen LogP contribution in [0.5, 0.6) is 0 Å². The molecule has 2 unspecified atom stereocenters. The van der Waals surface area contributed by atoms with Gasteiger partial charge in [-0.15, -0.1) is 23.5 Å². The SMILES string of the molecule is CCCC(NC(=O)[C@@H]1CC2(CN1C(=O)[C@@H](NC(=O)[C@@H](C)c1ccc(CC(C)C)cc1)C(C)(C)C)SCCCS2)C(=O)C(=O)NCC(=O)NC(C(=O)N(C)C)c1ccccc1. The monoisotopic (exact) mass is 864 g/mol. The molecule has 0 bridgehead atoms. The molecule has 13 nitrogen and oxygen atoms in total. The van der Waals surface area contributed by atoms with Crippen LogP contribution in [-0.2, 0) is 40.0 Å². The van der Waals surface area contributed by atoms with E-state index >= 15 is 0 Å². The third kappa shape index (κ3) is 12.8. The highest BCUT2D eigenvalue weighted by Crippen LogP contribution is 2.50. The summed E-state index contributed by atoms with van der Waals surface area (Å²) in [5.41, 5.74) is 1.85. The number of nitrogens with one attached hydrogen (secondary N) is 4. The van der Waals surface area contributed by atoms with Crippen LogP contribution in [0.2, 0.25) is 0 Å². The number of thioether (sulfide) groups is 2. The number of ketones is 1. The molecule has 5 atom stereocenters. The maximum atomic E-state index is 14.7. The van der Waals surface area contributed by atoms with Gasteiger partial charge in [-0.1, -0.05) is 103 Å². The van der Waals surface area contributed by atoms with Crippen LogP contribution in [0, 0.1) is 11.3 Å². The topological polar surface area (TPSA) is 174 Å². The third-order valence-electron chi connectivity index (χ3n) is 10.8. The molecule has 15 heteroatoms. The lowest BCUT2D eigenvalue weighted by Gasteiger charge is -2.37. The van der Waals surface area contributed by atoms with E-state index in [1.54, 1.807) is 72.9 Å². The first-order chi connectivity index (χ1) is 28.3. The molecule has 0 aromatic heterocycles. The summed E-state index contributed by atoms with van der Waals surface area (Å²) in [6, 6.07) is 12.5. The summed E-state index contributed by atoms with van der Waals surface area (Å²) in [4.78, 5) is 98.5. The van der Waals surface area contributed by atoms with Gasteiger partial charge in [-0.3, -0.25) is 33.6 Å². The van der Waals surface area contributed by atoms with E-state index < -0.39 is 69.6 Å². The van der Waals surface area contributed by atoms with Gasteiger partial charge < -0.3 is 31.1 Å². The minimum absolute atomic E-state index is 0.143. The first-order valence-electron chi connectivity index (χ1n) is 20.9. The molecule has 0 saturated carbocycles. The second-order valence-electron chi connectivity index (χ2n) is 17.6. The Hall–Kier alpha value is -4.37. The summed E-state index contributed by atoms with van der Waals surface area (Å²) in [5, 5.41) is 10.8. The van der Waals surface area contributed by atoms with E-state index in [1.165, 1.54) is 10.5 Å². The van der Waals surface area contributed by atoms with Crippen molar-refractivity contribution >= 4 is 64.8 Å². The van der Waals surface area contributed by atoms with Gasteiger partial charge in [0.2, 0.25) is 35.3 Å². The van der Waals surface area contributed by atoms with Crippen molar-refractivity contribution in [3.63, 3.8) is 0 Å². The molecule has 6 amide bonds. The Bertz CT molecular complexity index is 1840. The van der Waals surface area contributed by atoms with E-state index in [0.717, 1.165) is 29.9 Å². The molecular weight excluding hydrogens is 801 g/mol. The fourth-order valence-corrected chi connectivity index (χ4v) is 10.8. The number of likely N-dealkylation sites (N-methyl/N-ethyl adjacent to an activating group) is 1. The van der Waals surface area contributed by atoms with Gasteiger partial charge in [-0.2, -0.15) is 0 Å². The Kier molecular flexibility index (Phi) is 17.2. The molecule has 0 aliphatic carbocycles. The molecule has 1 spiro atoms. The Morgan fingerprint density at radius 3 is 2.07 bits per heavy atom. The summed E-state index contributed by atoms with van der Waals surface area (Å²) in [6.45, 7) is 13.3. The lowest BCUT2D eigenvalue weighted by Crippen LogP contribution is -2.59. The van der Waals surface area contributed by atoms with Crippen molar-refractivity contribution in [1.29, 1.82) is 0 Å². The maximum Gasteiger partial charge on any atom is 0.290 e. The predicted molar refractivity (Wildman–Crippen MR) is 238 cm³/mol. The second kappa shape index (κ2) is 21.4. The van der Waals surface area contributed by atoms with Gasteiger partial charge >= 0.3 is 0 Å². The number of benzene rings is 2. The summed E-state index contributed by atoms with van der Waals surface area (Å²) in [5.74, 6) is -2.59. The van der Waals surface area contributed by atoms with Crippen LogP contribution in [0.25, 0.3) is 0 Å². The minimum atomic E-state index is -1.22. The number of likely N-dealkylation sites (tertiary alicyclic amines) is 1. The molecule has 2 aromatic rings. The van der Waals surface area contributed by atoms with E-state index in [0.29, 0.717) is 24.3 Å². The smallest absolute Gasteiger partial charge is 0.290 e. The molecule has 0 radical (unpaired) electrons.